The third-order valence-corrected chi connectivity index (χ3v) is 16.8. The van der Waals surface area contributed by atoms with E-state index in [0.29, 0.717) is 66.7 Å². The smallest absolute Gasteiger partial charge is 0.342 e. The van der Waals surface area contributed by atoms with Crippen molar-refractivity contribution in [3.05, 3.63) is 123 Å². The molecule has 11 rings (SSSR count). The molecule has 3 aliphatic heterocycles. The van der Waals surface area contributed by atoms with E-state index in [4.69, 9.17) is 52.1 Å². The Morgan fingerprint density at radius 3 is 1.11 bits per heavy atom. The van der Waals surface area contributed by atoms with Gasteiger partial charge < -0.3 is 180 Å². The van der Waals surface area contributed by atoms with Crippen LogP contribution < -0.4 is 4.74 Å². The number of benzene rings is 8. The summed E-state index contributed by atoms with van der Waals surface area (Å²) in [5.74, 6) is -49.5. The van der Waals surface area contributed by atoms with Crippen molar-refractivity contribution in [2.24, 2.45) is 0 Å². The Balaban J connectivity index is 1.01. The minimum absolute atomic E-state index is 0.145. The minimum atomic E-state index is -3.01. The molecule has 0 spiro atoms. The van der Waals surface area contributed by atoms with E-state index >= 15 is 4.79 Å². The molecule has 8 aromatic rings. The number of phenolic OH excluding ortho intramolecular Hbond substituents is 23. The van der Waals surface area contributed by atoms with Crippen LogP contribution in [0.1, 0.15) is 82.9 Å². The van der Waals surface area contributed by atoms with Gasteiger partial charge in [-0.05, 0) is 72.8 Å². The van der Waals surface area contributed by atoms with Gasteiger partial charge in [0.25, 0.3) is 0 Å². The molecule has 25 N–H and O–H groups in total. The lowest BCUT2D eigenvalue weighted by molar-refractivity contribution is -0.283. The van der Waals surface area contributed by atoms with Crippen LogP contribution in [-0.2, 0) is 47.4 Å². The van der Waals surface area contributed by atoms with Crippen LogP contribution in [0.15, 0.2) is 78.9 Å². The normalized spacial score (nSPS) is 19.9. The van der Waals surface area contributed by atoms with Gasteiger partial charge in [-0.3, -0.25) is 0 Å². The number of phenols is 23. The summed E-state index contributed by atoms with van der Waals surface area (Å²) in [7, 11) is 0. The van der Waals surface area contributed by atoms with Gasteiger partial charge in [0.2, 0.25) is 53.5 Å². The number of aliphatic hydroxyl groups excluding tert-OH is 2. The second kappa shape index (κ2) is 29.7. The lowest BCUT2D eigenvalue weighted by Crippen LogP contribution is -2.63. The second-order valence-electron chi connectivity index (χ2n) is 23.9. The molecule has 10 atom stereocenters. The SMILES string of the molecule is O=C(O[C@@H]1O[C@@H]2COC(=O)c3cc(O)c(O)c(O)c3-c3c(cc(O)c(O)c3O)C(=O)O[C@H]2[C@H](OC(=O)c2cc(O)c(O)c(O)c2)[C@H]1OC(=O)c1cc(O)c(O)c(O)c1Oc1cc(C(=O)O[C@@H]2O[C@H](CO)[C@@H](O)[C@H](OC(=O)c3cc(O)c(O)c(O)c3)[C@H]2OC(=O)c2cc(O)c(O)c(O)c2)cc(O)c1O)c1cc(O)c(O)c(O)c1. The zero-order chi connectivity index (χ0) is 82.0. The number of fused-ring (bicyclic) bond motifs is 4. The number of hydrogen-bond donors (Lipinski definition) is 25. The second-order valence-corrected chi connectivity index (χ2v) is 23.9. The summed E-state index contributed by atoms with van der Waals surface area (Å²) < 4.78 is 61.5. The standard InChI is InChI=1S/C68H52O44/c69-14-37-49(90)55(107-59(94)16-1-24(70)41(82)25(71)2-16)57(109-61(96)18-5-28(74)43(84)29(75)6-18)67(104-37)112-63(98)20-9-32(78)45(86)36(10-20)103-53-23(13-35(81)48(89)52(53)93)66(101)110-58-56(108-60(95)17-3-26(72)42(83)27(73)4-17)54-38(105-68(58)111-62(97)19-7-30(76)44(85)31(77)8-19)15-102-64(99)21-11-33(79)46(87)50(91)39(21)40-22(65(100)106-54)12-34(80)47(88)51(40)92/h1-13,37-38,49,54-58,67-93H,14-15H2/t37-,38-,49-,54-,55+,56+,57-,58-,67+,68+/m1/s1. The highest BCUT2D eigenvalue weighted by atomic mass is 16.8. The average Bonchev–Trinajstić information content (AvgIpc) is 1.30. The molecule has 44 nitrogen and oxygen atoms in total. The first kappa shape index (κ1) is 77.7. The topological polar surface area (TPSA) is 744 Å². The zero-order valence-corrected chi connectivity index (χ0v) is 55.1. The molecule has 2 saturated heterocycles. The number of ether oxygens (including phenoxy) is 11. The monoisotopic (exact) mass is 1570 g/mol. The Hall–Kier alpha value is -15.4. The van der Waals surface area contributed by atoms with E-state index in [0.717, 1.165) is 0 Å². The van der Waals surface area contributed by atoms with Gasteiger partial charge in [-0.25, -0.2) is 38.4 Å². The molecule has 0 aromatic heterocycles. The van der Waals surface area contributed by atoms with Crippen molar-refractivity contribution in [2.45, 2.75) is 61.4 Å². The molecule has 0 bridgehead atoms. The quantitative estimate of drug-likeness (QED) is 0.0395. The van der Waals surface area contributed by atoms with Crippen LogP contribution >= 0.6 is 0 Å². The fourth-order valence-corrected chi connectivity index (χ4v) is 11.2. The van der Waals surface area contributed by atoms with E-state index in [-0.39, 0.29) is 12.1 Å². The van der Waals surface area contributed by atoms with E-state index in [2.05, 4.69) is 0 Å². The molecule has 112 heavy (non-hydrogen) atoms. The first-order chi connectivity index (χ1) is 52.7. The summed E-state index contributed by atoms with van der Waals surface area (Å²) in [6.45, 7) is -2.79. The van der Waals surface area contributed by atoms with Crippen LogP contribution in [0.2, 0.25) is 0 Å². The van der Waals surface area contributed by atoms with Crippen LogP contribution in [0.25, 0.3) is 11.1 Å². The Morgan fingerprint density at radius 1 is 0.348 bits per heavy atom. The van der Waals surface area contributed by atoms with Crippen molar-refractivity contribution in [1.82, 2.24) is 0 Å². The van der Waals surface area contributed by atoms with Crippen molar-refractivity contribution in [1.29, 1.82) is 0 Å². The van der Waals surface area contributed by atoms with Crippen LogP contribution in [0, 0.1) is 0 Å². The molecule has 0 aliphatic carbocycles. The van der Waals surface area contributed by atoms with Gasteiger partial charge >= 0.3 is 47.8 Å². The fraction of sp³-hybridized carbons (Fsp3) is 0.176. The predicted molar refractivity (Wildman–Crippen MR) is 346 cm³/mol. The van der Waals surface area contributed by atoms with Gasteiger partial charge in [-0.2, -0.15) is 0 Å². The van der Waals surface area contributed by atoms with Crippen molar-refractivity contribution >= 4 is 47.8 Å². The molecule has 44 heteroatoms. The number of aliphatic hydroxyl groups is 2. The Labute approximate surface area is 617 Å². The first-order valence-corrected chi connectivity index (χ1v) is 31.0. The van der Waals surface area contributed by atoms with Gasteiger partial charge in [0.1, 0.15) is 30.5 Å². The highest BCUT2D eigenvalue weighted by Gasteiger charge is 2.57. The maximum Gasteiger partial charge on any atom is 0.342 e. The van der Waals surface area contributed by atoms with Crippen molar-refractivity contribution in [3.8, 4) is 155 Å². The summed E-state index contributed by atoms with van der Waals surface area (Å²) in [4.78, 5) is 115. The van der Waals surface area contributed by atoms with Crippen LogP contribution in [0.4, 0.5) is 0 Å². The summed E-state index contributed by atoms with van der Waals surface area (Å²) in [5.41, 5.74) is -11.2. The maximum absolute atomic E-state index is 15.3. The molecule has 0 radical (unpaired) electrons. The zero-order valence-electron chi connectivity index (χ0n) is 55.1. The molecule has 3 heterocycles. The van der Waals surface area contributed by atoms with Gasteiger partial charge in [-0.15, -0.1) is 0 Å². The van der Waals surface area contributed by atoms with E-state index in [9.17, 15) is 161 Å². The van der Waals surface area contributed by atoms with E-state index in [1.807, 2.05) is 0 Å². The van der Waals surface area contributed by atoms with Crippen LogP contribution in [0.5, 0.6) is 144 Å². The molecule has 2 fully saturated rings. The molecule has 0 saturated carbocycles. The van der Waals surface area contributed by atoms with Crippen molar-refractivity contribution in [2.75, 3.05) is 13.2 Å². The summed E-state index contributed by atoms with van der Waals surface area (Å²) in [6.07, 6.45) is -26.2. The first-order valence-electron chi connectivity index (χ1n) is 31.0. The van der Waals surface area contributed by atoms with Gasteiger partial charge in [0.15, 0.2) is 133 Å². The van der Waals surface area contributed by atoms with E-state index in [1.165, 1.54) is 0 Å². The van der Waals surface area contributed by atoms with Crippen LogP contribution in [0.3, 0.4) is 0 Å². The summed E-state index contributed by atoms with van der Waals surface area (Å²) in [5, 5.41) is 266. The Kier molecular flexibility index (Phi) is 20.6. The number of hydrogen-bond acceptors (Lipinski definition) is 44. The molecular weight excluding hydrogens is 1520 g/mol. The highest BCUT2D eigenvalue weighted by Crippen LogP contribution is 2.55. The molecule has 8 aromatic carbocycles. The lowest BCUT2D eigenvalue weighted by atomic mass is 9.92. The van der Waals surface area contributed by atoms with Crippen molar-refractivity contribution < 1.29 is 218 Å². The number of esters is 8. The molecular formula is C68H52O44. The van der Waals surface area contributed by atoms with Gasteiger partial charge in [0.05, 0.1) is 45.6 Å². The van der Waals surface area contributed by atoms with E-state index < -0.39 is 322 Å². The number of aromatic hydroxyl groups is 23. The fourth-order valence-electron chi connectivity index (χ4n) is 11.2. The molecule has 0 unspecified atom stereocenters. The van der Waals surface area contributed by atoms with Gasteiger partial charge in [0, 0.05) is 17.2 Å². The Bertz CT molecular complexity index is 5190. The largest absolute Gasteiger partial charge is 0.504 e. The molecule has 588 valence electrons. The van der Waals surface area contributed by atoms with Crippen molar-refractivity contribution in [3.63, 3.8) is 0 Å². The summed E-state index contributed by atoms with van der Waals surface area (Å²) in [6, 6.07) is 5.15. The van der Waals surface area contributed by atoms with E-state index in [1.54, 1.807) is 0 Å². The average molecular weight is 1570 g/mol. The maximum atomic E-state index is 15.3. The third-order valence-electron chi connectivity index (χ3n) is 16.8. The third kappa shape index (κ3) is 14.4. The molecule has 0 amide bonds. The lowest BCUT2D eigenvalue weighted by Gasteiger charge is -2.43. The number of cyclic esters (lactones) is 1. The minimum Gasteiger partial charge on any atom is -0.504 e. The summed E-state index contributed by atoms with van der Waals surface area (Å²) >= 11 is 0. The predicted octanol–water partition coefficient (Wildman–Crippen LogP) is 1.79. The van der Waals surface area contributed by atoms with Gasteiger partial charge in [-0.1, -0.05) is 0 Å². The molecule has 3 aliphatic rings. The van der Waals surface area contributed by atoms with Crippen LogP contribution in [-0.4, -0.2) is 250 Å². The number of carbonyl (C=O) groups excluding carboxylic acids is 8. The number of carbonyl (C=O) groups is 8. The highest BCUT2D eigenvalue weighted by molar-refractivity contribution is 6.09. The Morgan fingerprint density at radius 2 is 0.679 bits per heavy atom. The number of rotatable bonds is 15.